The average Bonchev–Trinajstić information content (AvgIpc) is 2.55. The molecule has 0 radical (unpaired) electrons. The lowest BCUT2D eigenvalue weighted by Crippen LogP contribution is -2.34. The van der Waals surface area contributed by atoms with Crippen molar-refractivity contribution in [2.45, 2.75) is 0 Å². The number of thiocarbonyl (C=S) groups is 1. The fraction of sp³-hybridized carbons (Fsp3) is 0.154. The van der Waals surface area contributed by atoms with Gasteiger partial charge in [0, 0.05) is 18.0 Å². The molecule has 0 aromatic carbocycles. The standard InChI is InChI=1S/C13H13N5O3S/c1-20-9-7-10(21-2)16-12(15-9)18-13(22)17-11(19)8-3-5-14-6-4-8/h3-7H,1-2H3,(H2,15,16,17,18,19,22). The summed E-state index contributed by atoms with van der Waals surface area (Å²) in [5.41, 5.74) is 0.434. The van der Waals surface area contributed by atoms with Crippen molar-refractivity contribution in [3.05, 3.63) is 36.2 Å². The van der Waals surface area contributed by atoms with Crippen molar-refractivity contribution in [1.29, 1.82) is 0 Å². The minimum atomic E-state index is -0.366. The molecule has 0 unspecified atom stereocenters. The molecule has 0 aliphatic rings. The summed E-state index contributed by atoms with van der Waals surface area (Å²) in [6.45, 7) is 0. The molecule has 2 rings (SSSR count). The molecule has 0 saturated carbocycles. The molecule has 0 bridgehead atoms. The summed E-state index contributed by atoms with van der Waals surface area (Å²) in [5.74, 6) is 0.390. The Balaban J connectivity index is 2.04. The number of ether oxygens (including phenoxy) is 2. The van der Waals surface area contributed by atoms with Gasteiger partial charge in [0.2, 0.25) is 17.7 Å². The number of hydrogen-bond acceptors (Lipinski definition) is 7. The minimum Gasteiger partial charge on any atom is -0.481 e. The zero-order valence-corrected chi connectivity index (χ0v) is 12.7. The molecular formula is C13H13N5O3S. The lowest BCUT2D eigenvalue weighted by molar-refractivity contribution is 0.0977. The van der Waals surface area contributed by atoms with Crippen molar-refractivity contribution in [2.24, 2.45) is 0 Å². The number of nitrogens with zero attached hydrogens (tertiary/aromatic N) is 3. The quantitative estimate of drug-likeness (QED) is 0.806. The maximum Gasteiger partial charge on any atom is 0.257 e. The number of rotatable bonds is 4. The number of carbonyl (C=O) groups excluding carboxylic acids is 1. The van der Waals surface area contributed by atoms with Crippen molar-refractivity contribution < 1.29 is 14.3 Å². The highest BCUT2D eigenvalue weighted by Crippen LogP contribution is 2.17. The first-order chi connectivity index (χ1) is 10.6. The van der Waals surface area contributed by atoms with Gasteiger partial charge in [0.1, 0.15) is 0 Å². The summed E-state index contributed by atoms with van der Waals surface area (Å²) in [6, 6.07) is 4.66. The van der Waals surface area contributed by atoms with Gasteiger partial charge in [-0.25, -0.2) is 0 Å². The van der Waals surface area contributed by atoms with Gasteiger partial charge in [-0.15, -0.1) is 0 Å². The Kier molecular flexibility index (Phi) is 5.15. The van der Waals surface area contributed by atoms with Gasteiger partial charge in [0.25, 0.3) is 5.91 Å². The smallest absolute Gasteiger partial charge is 0.257 e. The number of pyridine rings is 1. The van der Waals surface area contributed by atoms with Gasteiger partial charge in [0.15, 0.2) is 5.11 Å². The van der Waals surface area contributed by atoms with E-state index >= 15 is 0 Å². The lowest BCUT2D eigenvalue weighted by Gasteiger charge is -2.10. The molecular weight excluding hydrogens is 306 g/mol. The normalized spacial score (nSPS) is 9.73. The summed E-state index contributed by atoms with van der Waals surface area (Å²) in [5, 5.41) is 5.26. The number of hydrogen-bond donors (Lipinski definition) is 2. The Bertz CT molecular complexity index is 658. The first kappa shape index (κ1) is 15.6. The van der Waals surface area contributed by atoms with Crippen molar-refractivity contribution in [3.63, 3.8) is 0 Å². The van der Waals surface area contributed by atoms with Gasteiger partial charge < -0.3 is 14.8 Å². The van der Waals surface area contributed by atoms with Crippen LogP contribution in [0.15, 0.2) is 30.6 Å². The van der Waals surface area contributed by atoms with Crippen LogP contribution in [0.25, 0.3) is 0 Å². The highest BCUT2D eigenvalue weighted by atomic mass is 32.1. The van der Waals surface area contributed by atoms with Crippen molar-refractivity contribution in [1.82, 2.24) is 20.3 Å². The number of methoxy groups -OCH3 is 2. The molecule has 0 aliphatic carbocycles. The second kappa shape index (κ2) is 7.27. The maximum absolute atomic E-state index is 11.9. The van der Waals surface area contributed by atoms with Gasteiger partial charge >= 0.3 is 0 Å². The maximum atomic E-state index is 11.9. The molecule has 114 valence electrons. The fourth-order valence-corrected chi connectivity index (χ4v) is 1.66. The van der Waals surface area contributed by atoms with Crippen LogP contribution in [0.2, 0.25) is 0 Å². The molecule has 9 heteroatoms. The van der Waals surface area contributed by atoms with E-state index in [1.54, 1.807) is 12.1 Å². The molecule has 2 aromatic heterocycles. The highest BCUT2D eigenvalue weighted by Gasteiger charge is 2.10. The average molecular weight is 319 g/mol. The van der Waals surface area contributed by atoms with E-state index in [1.807, 2.05) is 0 Å². The van der Waals surface area contributed by atoms with Gasteiger partial charge in [-0.05, 0) is 24.4 Å². The Morgan fingerprint density at radius 3 is 2.27 bits per heavy atom. The van der Waals surface area contributed by atoms with Crippen LogP contribution in [-0.4, -0.2) is 40.2 Å². The lowest BCUT2D eigenvalue weighted by atomic mass is 10.2. The molecule has 0 aliphatic heterocycles. The van der Waals surface area contributed by atoms with E-state index in [-0.39, 0.29) is 17.0 Å². The predicted molar refractivity (Wildman–Crippen MR) is 83.1 cm³/mol. The molecule has 0 fully saturated rings. The highest BCUT2D eigenvalue weighted by molar-refractivity contribution is 7.80. The van der Waals surface area contributed by atoms with Crippen LogP contribution >= 0.6 is 12.2 Å². The Morgan fingerprint density at radius 1 is 1.14 bits per heavy atom. The topological polar surface area (TPSA) is 98.3 Å². The Labute approximate surface area is 131 Å². The van der Waals surface area contributed by atoms with E-state index < -0.39 is 0 Å². The van der Waals surface area contributed by atoms with E-state index in [0.29, 0.717) is 17.3 Å². The molecule has 0 spiro atoms. The molecule has 8 nitrogen and oxygen atoms in total. The van der Waals surface area contributed by atoms with Crippen molar-refractivity contribution >= 4 is 29.2 Å². The van der Waals surface area contributed by atoms with Crippen molar-refractivity contribution in [3.8, 4) is 11.8 Å². The first-order valence-corrected chi connectivity index (χ1v) is 6.52. The third-order valence-electron chi connectivity index (χ3n) is 2.49. The van der Waals surface area contributed by atoms with Gasteiger partial charge in [-0.2, -0.15) is 9.97 Å². The molecule has 0 atom stereocenters. The van der Waals surface area contributed by atoms with Crippen LogP contribution in [0.1, 0.15) is 10.4 Å². The summed E-state index contributed by atoms with van der Waals surface area (Å²) in [6.07, 6.45) is 3.03. The fourth-order valence-electron chi connectivity index (χ4n) is 1.48. The predicted octanol–water partition coefficient (Wildman–Crippen LogP) is 1.02. The first-order valence-electron chi connectivity index (χ1n) is 6.12. The van der Waals surface area contributed by atoms with Crippen LogP contribution in [0.3, 0.4) is 0 Å². The van der Waals surface area contributed by atoms with Crippen LogP contribution < -0.4 is 20.1 Å². The number of amides is 1. The third-order valence-corrected chi connectivity index (χ3v) is 2.70. The number of nitrogens with one attached hydrogen (secondary N) is 2. The van der Waals surface area contributed by atoms with E-state index in [1.165, 1.54) is 32.7 Å². The second-order valence-corrected chi connectivity index (χ2v) is 4.33. The van der Waals surface area contributed by atoms with Gasteiger partial charge in [-0.1, -0.05) is 0 Å². The van der Waals surface area contributed by atoms with E-state index in [9.17, 15) is 4.79 Å². The van der Waals surface area contributed by atoms with Crippen LogP contribution in [0, 0.1) is 0 Å². The van der Waals surface area contributed by atoms with Crippen LogP contribution in [0.4, 0.5) is 5.95 Å². The number of aromatic nitrogens is 3. The summed E-state index contributed by atoms with van der Waals surface area (Å²) in [7, 11) is 2.93. The number of carbonyl (C=O) groups is 1. The molecule has 0 saturated heterocycles. The molecule has 2 heterocycles. The van der Waals surface area contributed by atoms with Crippen molar-refractivity contribution in [2.75, 3.05) is 19.5 Å². The van der Waals surface area contributed by atoms with E-state index in [4.69, 9.17) is 21.7 Å². The van der Waals surface area contributed by atoms with Crippen LogP contribution in [0.5, 0.6) is 11.8 Å². The Hall–Kier alpha value is -2.81. The molecule has 2 aromatic rings. The SMILES string of the molecule is COc1cc(OC)nc(NC(=S)NC(=O)c2ccncc2)n1. The summed E-state index contributed by atoms with van der Waals surface area (Å²) < 4.78 is 10.0. The van der Waals surface area contributed by atoms with Crippen LogP contribution in [-0.2, 0) is 0 Å². The van der Waals surface area contributed by atoms with E-state index in [2.05, 4.69) is 25.6 Å². The molecule has 22 heavy (non-hydrogen) atoms. The monoisotopic (exact) mass is 319 g/mol. The minimum absolute atomic E-state index is 0.0529. The zero-order chi connectivity index (χ0) is 15.9. The largest absolute Gasteiger partial charge is 0.481 e. The van der Waals surface area contributed by atoms with Gasteiger partial charge in [-0.3, -0.25) is 15.1 Å². The molecule has 1 amide bonds. The Morgan fingerprint density at radius 2 is 1.73 bits per heavy atom. The van der Waals surface area contributed by atoms with E-state index in [0.717, 1.165) is 0 Å². The zero-order valence-electron chi connectivity index (χ0n) is 11.9. The summed E-state index contributed by atoms with van der Waals surface area (Å²) in [4.78, 5) is 23.9. The molecule has 2 N–H and O–H groups in total. The second-order valence-electron chi connectivity index (χ2n) is 3.92. The third kappa shape index (κ3) is 4.09. The van der Waals surface area contributed by atoms with Gasteiger partial charge in [0.05, 0.1) is 20.3 Å². The summed E-state index contributed by atoms with van der Waals surface area (Å²) >= 11 is 5.05. The number of anilines is 1.